The first kappa shape index (κ1) is 20.2. The fourth-order valence-electron chi connectivity index (χ4n) is 4.25. The summed E-state index contributed by atoms with van der Waals surface area (Å²) in [6, 6.07) is 0. The van der Waals surface area contributed by atoms with Crippen molar-refractivity contribution in [2.75, 3.05) is 65.4 Å². The van der Waals surface area contributed by atoms with Crippen molar-refractivity contribution < 1.29 is 0 Å². The second-order valence-electron chi connectivity index (χ2n) is 7.54. The Morgan fingerprint density at radius 3 is 2.25 bits per heavy atom. The summed E-state index contributed by atoms with van der Waals surface area (Å²) in [5, 5.41) is 3.51. The van der Waals surface area contributed by atoms with E-state index in [1.807, 2.05) is 0 Å². The van der Waals surface area contributed by atoms with Crippen molar-refractivity contribution in [3.8, 4) is 0 Å². The van der Waals surface area contributed by atoms with E-state index in [0.29, 0.717) is 5.41 Å². The molecule has 1 aliphatic carbocycles. The van der Waals surface area contributed by atoms with E-state index in [1.54, 1.807) is 0 Å². The summed E-state index contributed by atoms with van der Waals surface area (Å²) in [6.45, 7) is 15.9. The molecule has 2 heterocycles. The number of hydrogen-bond donors (Lipinski definition) is 1. The Labute approximate surface area is 165 Å². The van der Waals surface area contributed by atoms with Crippen LogP contribution in [-0.4, -0.2) is 86.1 Å². The number of likely N-dealkylation sites (N-methyl/N-ethyl adjacent to an activating group) is 1. The lowest BCUT2D eigenvalue weighted by Crippen LogP contribution is -2.47. The van der Waals surface area contributed by atoms with E-state index in [0.717, 1.165) is 25.6 Å². The van der Waals surface area contributed by atoms with E-state index in [9.17, 15) is 0 Å². The van der Waals surface area contributed by atoms with Gasteiger partial charge in [-0.15, -0.1) is 24.0 Å². The first-order valence-corrected chi connectivity index (χ1v) is 9.73. The van der Waals surface area contributed by atoms with Crippen molar-refractivity contribution >= 4 is 29.9 Å². The highest BCUT2D eigenvalue weighted by atomic mass is 127. The third kappa shape index (κ3) is 4.97. The van der Waals surface area contributed by atoms with E-state index in [2.05, 4.69) is 33.9 Å². The minimum Gasteiger partial charge on any atom is -0.357 e. The molecule has 2 aliphatic heterocycles. The minimum atomic E-state index is 0. The molecule has 0 amide bonds. The molecule has 24 heavy (non-hydrogen) atoms. The molecule has 140 valence electrons. The lowest BCUT2D eigenvalue weighted by molar-refractivity contribution is 0.140. The van der Waals surface area contributed by atoms with Crippen LogP contribution >= 0.6 is 24.0 Å². The molecule has 1 spiro atoms. The second-order valence-corrected chi connectivity index (χ2v) is 7.54. The van der Waals surface area contributed by atoms with Crippen LogP contribution in [0.1, 0.15) is 39.5 Å². The average Bonchev–Trinajstić information content (AvgIpc) is 3.00. The lowest BCUT2D eigenvalue weighted by atomic mass is 9.68. The first-order chi connectivity index (χ1) is 11.2. The summed E-state index contributed by atoms with van der Waals surface area (Å²) in [4.78, 5) is 12.5. The predicted octanol–water partition coefficient (Wildman–Crippen LogP) is 2.08. The van der Waals surface area contributed by atoms with Crippen LogP contribution in [0, 0.1) is 5.41 Å². The molecule has 1 saturated carbocycles. The number of likely N-dealkylation sites (tertiary alicyclic amines) is 1. The normalized spacial score (nSPS) is 24.8. The summed E-state index contributed by atoms with van der Waals surface area (Å²) in [7, 11) is 0. The number of hydrogen-bond acceptors (Lipinski definition) is 3. The van der Waals surface area contributed by atoms with Gasteiger partial charge in [0.1, 0.15) is 0 Å². The fourth-order valence-corrected chi connectivity index (χ4v) is 4.25. The zero-order valence-corrected chi connectivity index (χ0v) is 17.9. The molecule has 0 aromatic carbocycles. The number of rotatable bonds is 5. The third-order valence-electron chi connectivity index (χ3n) is 6.08. The van der Waals surface area contributed by atoms with Gasteiger partial charge in [-0.05, 0) is 38.1 Å². The van der Waals surface area contributed by atoms with Crippen LogP contribution in [0.2, 0.25) is 0 Å². The highest BCUT2D eigenvalue weighted by Gasteiger charge is 2.43. The Bertz CT molecular complexity index is 402. The zero-order valence-electron chi connectivity index (χ0n) is 15.6. The molecule has 0 atom stereocenters. The van der Waals surface area contributed by atoms with Crippen LogP contribution < -0.4 is 5.32 Å². The van der Waals surface area contributed by atoms with E-state index in [1.165, 1.54) is 71.5 Å². The maximum Gasteiger partial charge on any atom is 0.193 e. The standard InChI is InChI=1S/C18H35N5.HI/c1-3-19-17(23-10-8-18(16-23)6-5-7-18)20-9-11-22-14-12-21(4-2)13-15-22;/h3-16H2,1-2H3,(H,19,20);1H. The minimum absolute atomic E-state index is 0. The van der Waals surface area contributed by atoms with Gasteiger partial charge >= 0.3 is 0 Å². The van der Waals surface area contributed by atoms with Gasteiger partial charge in [0, 0.05) is 52.4 Å². The van der Waals surface area contributed by atoms with Gasteiger partial charge in [-0.2, -0.15) is 0 Å². The van der Waals surface area contributed by atoms with Gasteiger partial charge in [0.15, 0.2) is 5.96 Å². The highest BCUT2D eigenvalue weighted by molar-refractivity contribution is 14.0. The molecule has 3 fully saturated rings. The molecule has 0 bridgehead atoms. The molecular weight excluding hydrogens is 413 g/mol. The third-order valence-corrected chi connectivity index (χ3v) is 6.08. The van der Waals surface area contributed by atoms with Crippen LogP contribution in [0.4, 0.5) is 0 Å². The fraction of sp³-hybridized carbons (Fsp3) is 0.944. The Morgan fingerprint density at radius 2 is 1.71 bits per heavy atom. The molecule has 6 heteroatoms. The number of guanidine groups is 1. The maximum atomic E-state index is 4.93. The molecule has 0 aromatic rings. The van der Waals surface area contributed by atoms with Crippen molar-refractivity contribution in [2.24, 2.45) is 10.4 Å². The van der Waals surface area contributed by atoms with Crippen LogP contribution in [0.25, 0.3) is 0 Å². The Morgan fingerprint density at radius 1 is 1.00 bits per heavy atom. The molecule has 5 nitrogen and oxygen atoms in total. The van der Waals surface area contributed by atoms with E-state index >= 15 is 0 Å². The Hall–Kier alpha value is -0.0800. The molecule has 0 aromatic heterocycles. The smallest absolute Gasteiger partial charge is 0.193 e. The monoisotopic (exact) mass is 449 g/mol. The number of nitrogens with zero attached hydrogens (tertiary/aromatic N) is 4. The molecule has 0 radical (unpaired) electrons. The predicted molar refractivity (Wildman–Crippen MR) is 112 cm³/mol. The molecule has 3 rings (SSSR count). The van der Waals surface area contributed by atoms with Crippen LogP contribution in [0.3, 0.4) is 0 Å². The quantitative estimate of drug-likeness (QED) is 0.396. The second kappa shape index (κ2) is 9.57. The summed E-state index contributed by atoms with van der Waals surface area (Å²) >= 11 is 0. The van der Waals surface area contributed by atoms with Crippen molar-refractivity contribution in [1.29, 1.82) is 0 Å². The van der Waals surface area contributed by atoms with Crippen molar-refractivity contribution in [3.05, 3.63) is 0 Å². The van der Waals surface area contributed by atoms with Gasteiger partial charge in [-0.25, -0.2) is 0 Å². The average molecular weight is 449 g/mol. The van der Waals surface area contributed by atoms with E-state index in [4.69, 9.17) is 4.99 Å². The number of halogens is 1. The molecular formula is C18H36IN5. The van der Waals surface area contributed by atoms with Crippen LogP contribution in [0.5, 0.6) is 0 Å². The SMILES string of the molecule is CCNC(=NCCN1CCN(CC)CC1)N1CCC2(CCC2)C1.I. The van der Waals surface area contributed by atoms with Gasteiger partial charge < -0.3 is 15.1 Å². The number of piperazine rings is 1. The van der Waals surface area contributed by atoms with Gasteiger partial charge in [-0.3, -0.25) is 9.89 Å². The van der Waals surface area contributed by atoms with Crippen LogP contribution in [-0.2, 0) is 0 Å². The Balaban J connectivity index is 0.00000208. The number of aliphatic imine (C=N–C) groups is 1. The van der Waals surface area contributed by atoms with Crippen molar-refractivity contribution in [1.82, 2.24) is 20.0 Å². The first-order valence-electron chi connectivity index (χ1n) is 9.73. The summed E-state index contributed by atoms with van der Waals surface area (Å²) < 4.78 is 0. The highest BCUT2D eigenvalue weighted by Crippen LogP contribution is 2.47. The van der Waals surface area contributed by atoms with Gasteiger partial charge in [0.05, 0.1) is 6.54 Å². The molecule has 0 unspecified atom stereocenters. The molecule has 3 aliphatic rings. The molecule has 1 N–H and O–H groups in total. The van der Waals surface area contributed by atoms with Crippen molar-refractivity contribution in [2.45, 2.75) is 39.5 Å². The van der Waals surface area contributed by atoms with E-state index in [-0.39, 0.29) is 24.0 Å². The largest absolute Gasteiger partial charge is 0.357 e. The summed E-state index contributed by atoms with van der Waals surface area (Å²) in [6.07, 6.45) is 5.68. The van der Waals surface area contributed by atoms with Gasteiger partial charge in [-0.1, -0.05) is 13.3 Å². The summed E-state index contributed by atoms with van der Waals surface area (Å²) in [5.41, 5.74) is 0.646. The van der Waals surface area contributed by atoms with Gasteiger partial charge in [0.2, 0.25) is 0 Å². The summed E-state index contributed by atoms with van der Waals surface area (Å²) in [5.74, 6) is 1.16. The number of nitrogens with one attached hydrogen (secondary N) is 1. The van der Waals surface area contributed by atoms with Crippen LogP contribution in [0.15, 0.2) is 4.99 Å². The van der Waals surface area contributed by atoms with Crippen molar-refractivity contribution in [3.63, 3.8) is 0 Å². The lowest BCUT2D eigenvalue weighted by Gasteiger charge is -2.38. The van der Waals surface area contributed by atoms with E-state index < -0.39 is 0 Å². The zero-order chi connectivity index (χ0) is 16.1. The van der Waals surface area contributed by atoms with Gasteiger partial charge in [0.25, 0.3) is 0 Å². The molecule has 2 saturated heterocycles. The Kier molecular flexibility index (Phi) is 8.07. The maximum absolute atomic E-state index is 4.93. The topological polar surface area (TPSA) is 34.1 Å².